The summed E-state index contributed by atoms with van der Waals surface area (Å²) < 4.78 is 0. The van der Waals surface area contributed by atoms with E-state index >= 15 is 0 Å². The van der Waals surface area contributed by atoms with Crippen LogP contribution in [0.15, 0.2) is 18.3 Å². The van der Waals surface area contributed by atoms with Crippen LogP contribution in [0.25, 0.3) is 0 Å². The lowest BCUT2D eigenvalue weighted by atomic mass is 10.0. The van der Waals surface area contributed by atoms with Gasteiger partial charge in [-0.3, -0.25) is 0 Å². The molecule has 0 saturated heterocycles. The van der Waals surface area contributed by atoms with Crippen molar-refractivity contribution in [3.8, 4) is 0 Å². The van der Waals surface area contributed by atoms with Crippen molar-refractivity contribution in [2.24, 2.45) is 5.92 Å². The van der Waals surface area contributed by atoms with Gasteiger partial charge in [0.15, 0.2) is 0 Å². The minimum Gasteiger partial charge on any atom is -0.310 e. The second-order valence-electron chi connectivity index (χ2n) is 4.71. The quantitative estimate of drug-likeness (QED) is 0.793. The van der Waals surface area contributed by atoms with E-state index in [1.807, 2.05) is 12.1 Å². The van der Waals surface area contributed by atoms with Gasteiger partial charge in [-0.15, -0.1) is 12.4 Å². The fourth-order valence-electron chi connectivity index (χ4n) is 1.52. The molecule has 4 heteroatoms. The zero-order chi connectivity index (χ0) is 12.0. The van der Waals surface area contributed by atoms with Crippen LogP contribution >= 0.6 is 24.0 Å². The van der Waals surface area contributed by atoms with Gasteiger partial charge in [-0.25, -0.2) is 4.98 Å². The van der Waals surface area contributed by atoms with E-state index < -0.39 is 0 Å². The number of nitrogens with zero attached hydrogens (tertiary/aromatic N) is 1. The molecule has 17 heavy (non-hydrogen) atoms. The predicted octanol–water partition coefficient (Wildman–Crippen LogP) is 4.07. The number of hydrogen-bond acceptors (Lipinski definition) is 2. The van der Waals surface area contributed by atoms with E-state index in [1.165, 1.54) is 12.8 Å². The third-order valence-electron chi connectivity index (χ3n) is 2.65. The van der Waals surface area contributed by atoms with Crippen LogP contribution in [0.2, 0.25) is 5.15 Å². The molecule has 0 spiro atoms. The molecule has 0 amide bonds. The van der Waals surface area contributed by atoms with E-state index in [1.54, 1.807) is 6.20 Å². The normalized spacial score (nSPS) is 12.3. The first-order chi connectivity index (χ1) is 7.59. The molecule has 1 heterocycles. The Morgan fingerprint density at radius 1 is 1.29 bits per heavy atom. The first-order valence-electron chi connectivity index (χ1n) is 5.92. The Hall–Kier alpha value is -0.310. The Balaban J connectivity index is 0.00000256. The number of nitrogens with one attached hydrogen (secondary N) is 1. The highest BCUT2D eigenvalue weighted by atomic mass is 35.5. The Labute approximate surface area is 116 Å². The molecular weight excluding hydrogens is 255 g/mol. The zero-order valence-electron chi connectivity index (χ0n) is 10.7. The summed E-state index contributed by atoms with van der Waals surface area (Å²) in [7, 11) is 0. The van der Waals surface area contributed by atoms with E-state index in [0.29, 0.717) is 11.2 Å². The van der Waals surface area contributed by atoms with Gasteiger partial charge in [0.2, 0.25) is 0 Å². The Morgan fingerprint density at radius 3 is 2.59 bits per heavy atom. The molecule has 1 N–H and O–H groups in total. The minimum atomic E-state index is 0. The van der Waals surface area contributed by atoms with Crippen LogP contribution in [0.5, 0.6) is 0 Å². The second kappa shape index (κ2) is 8.73. The van der Waals surface area contributed by atoms with Crippen LogP contribution < -0.4 is 5.32 Å². The molecule has 0 aromatic carbocycles. The summed E-state index contributed by atoms with van der Waals surface area (Å²) in [5.74, 6) is 0.770. The van der Waals surface area contributed by atoms with Crippen LogP contribution in [0, 0.1) is 5.92 Å². The van der Waals surface area contributed by atoms with Gasteiger partial charge in [-0.05, 0) is 31.7 Å². The highest BCUT2D eigenvalue weighted by molar-refractivity contribution is 6.30. The lowest BCUT2D eigenvalue weighted by molar-refractivity contribution is 0.450. The van der Waals surface area contributed by atoms with E-state index in [9.17, 15) is 0 Å². The Kier molecular flexibility index (Phi) is 8.57. The van der Waals surface area contributed by atoms with Crippen molar-refractivity contribution in [2.75, 3.05) is 0 Å². The van der Waals surface area contributed by atoms with Gasteiger partial charge in [0.1, 0.15) is 5.15 Å². The van der Waals surface area contributed by atoms with Gasteiger partial charge >= 0.3 is 0 Å². The van der Waals surface area contributed by atoms with Gasteiger partial charge < -0.3 is 5.32 Å². The van der Waals surface area contributed by atoms with Crippen LogP contribution in [0.3, 0.4) is 0 Å². The molecule has 1 aromatic rings. The summed E-state index contributed by atoms with van der Waals surface area (Å²) >= 11 is 5.98. The molecule has 0 aliphatic carbocycles. The molecule has 0 aliphatic heterocycles. The molecule has 0 fully saturated rings. The summed E-state index contributed by atoms with van der Waals surface area (Å²) in [5.41, 5.74) is 1.07. The monoisotopic (exact) mass is 276 g/mol. The second-order valence-corrected chi connectivity index (χ2v) is 5.06. The molecule has 98 valence electrons. The van der Waals surface area contributed by atoms with Crippen molar-refractivity contribution in [1.29, 1.82) is 0 Å². The van der Waals surface area contributed by atoms with Gasteiger partial charge in [-0.1, -0.05) is 31.5 Å². The van der Waals surface area contributed by atoms with Crippen LogP contribution in [-0.2, 0) is 6.54 Å². The Morgan fingerprint density at radius 2 is 2.00 bits per heavy atom. The number of halogens is 2. The summed E-state index contributed by atoms with van der Waals surface area (Å²) in [5, 5.41) is 4.07. The number of hydrogen-bond donors (Lipinski definition) is 1. The number of pyridine rings is 1. The molecule has 1 rings (SSSR count). The van der Waals surface area contributed by atoms with Gasteiger partial charge in [0.05, 0.1) is 0 Å². The molecule has 1 unspecified atom stereocenters. The summed E-state index contributed by atoms with van der Waals surface area (Å²) in [6.07, 6.45) is 4.18. The van der Waals surface area contributed by atoms with Crippen LogP contribution in [0.1, 0.15) is 39.2 Å². The predicted molar refractivity (Wildman–Crippen MR) is 76.9 cm³/mol. The third-order valence-corrected chi connectivity index (χ3v) is 2.99. The summed E-state index contributed by atoms with van der Waals surface area (Å²) in [6.45, 7) is 7.52. The maximum atomic E-state index is 5.98. The van der Waals surface area contributed by atoms with E-state index in [4.69, 9.17) is 11.6 Å². The van der Waals surface area contributed by atoms with E-state index in [-0.39, 0.29) is 12.4 Å². The van der Waals surface area contributed by atoms with Gasteiger partial charge in [-0.2, -0.15) is 0 Å². The Bertz CT molecular complexity index is 316. The highest BCUT2D eigenvalue weighted by Crippen LogP contribution is 2.12. The average molecular weight is 277 g/mol. The van der Waals surface area contributed by atoms with Crippen molar-refractivity contribution < 1.29 is 0 Å². The fraction of sp³-hybridized carbons (Fsp3) is 0.615. The SMILES string of the molecule is CC(C)CCC(C)NCc1cccnc1Cl.Cl. The van der Waals surface area contributed by atoms with Crippen LogP contribution in [0.4, 0.5) is 0 Å². The van der Waals surface area contributed by atoms with Crippen LogP contribution in [-0.4, -0.2) is 11.0 Å². The molecule has 0 aliphatic rings. The molecular formula is C13H22Cl2N2. The molecule has 0 radical (unpaired) electrons. The maximum Gasteiger partial charge on any atom is 0.133 e. The smallest absolute Gasteiger partial charge is 0.133 e. The topological polar surface area (TPSA) is 24.9 Å². The van der Waals surface area contributed by atoms with Crippen molar-refractivity contribution in [2.45, 2.75) is 46.2 Å². The molecule has 2 nitrogen and oxygen atoms in total. The molecule has 0 saturated carbocycles. The standard InChI is InChI=1S/C13H21ClN2.ClH/c1-10(2)6-7-11(3)16-9-12-5-4-8-15-13(12)14;/h4-5,8,10-11,16H,6-7,9H2,1-3H3;1H. The van der Waals surface area contributed by atoms with Crippen molar-refractivity contribution in [3.05, 3.63) is 29.0 Å². The van der Waals surface area contributed by atoms with Gasteiger partial charge in [0, 0.05) is 24.3 Å². The number of rotatable bonds is 6. The minimum absolute atomic E-state index is 0. The fourth-order valence-corrected chi connectivity index (χ4v) is 1.71. The summed E-state index contributed by atoms with van der Waals surface area (Å²) in [4.78, 5) is 4.06. The lowest BCUT2D eigenvalue weighted by Crippen LogP contribution is -2.26. The van der Waals surface area contributed by atoms with Gasteiger partial charge in [0.25, 0.3) is 0 Å². The molecule has 0 bridgehead atoms. The van der Waals surface area contributed by atoms with E-state index in [0.717, 1.165) is 18.0 Å². The average Bonchev–Trinajstić information content (AvgIpc) is 2.25. The largest absolute Gasteiger partial charge is 0.310 e. The lowest BCUT2D eigenvalue weighted by Gasteiger charge is -2.15. The first kappa shape index (κ1) is 16.7. The molecule has 1 atom stereocenters. The number of aromatic nitrogens is 1. The first-order valence-corrected chi connectivity index (χ1v) is 6.30. The van der Waals surface area contributed by atoms with Crippen molar-refractivity contribution >= 4 is 24.0 Å². The summed E-state index contributed by atoms with van der Waals surface area (Å²) in [6, 6.07) is 4.46. The third kappa shape index (κ3) is 6.87. The zero-order valence-corrected chi connectivity index (χ0v) is 12.3. The highest BCUT2D eigenvalue weighted by Gasteiger charge is 2.05. The molecule has 1 aromatic heterocycles. The van der Waals surface area contributed by atoms with Crippen molar-refractivity contribution in [1.82, 2.24) is 10.3 Å². The maximum absolute atomic E-state index is 5.98. The van der Waals surface area contributed by atoms with Crippen molar-refractivity contribution in [3.63, 3.8) is 0 Å². The van der Waals surface area contributed by atoms with E-state index in [2.05, 4.69) is 31.1 Å².